The molecule has 0 aromatic carbocycles. The van der Waals surface area contributed by atoms with E-state index in [0.29, 0.717) is 11.8 Å². The Bertz CT molecular complexity index is 610. The van der Waals surface area contributed by atoms with Gasteiger partial charge in [0.15, 0.2) is 0 Å². The summed E-state index contributed by atoms with van der Waals surface area (Å²) < 4.78 is 5.67. The smallest absolute Gasteiger partial charge is 0.410 e. The van der Waals surface area contributed by atoms with Crippen molar-refractivity contribution >= 4 is 11.9 Å². The van der Waals surface area contributed by atoms with Crippen molar-refractivity contribution in [2.24, 2.45) is 10.9 Å². The maximum atomic E-state index is 12.5. The van der Waals surface area contributed by atoms with Gasteiger partial charge in [0.05, 0.1) is 0 Å². The third kappa shape index (κ3) is 6.97. The fourth-order valence-electron chi connectivity index (χ4n) is 3.48. The molecule has 2 heterocycles. The summed E-state index contributed by atoms with van der Waals surface area (Å²) in [4.78, 5) is 21.0. The molecule has 0 bridgehead atoms. The number of hydrogen-bond acceptors (Lipinski definition) is 5. The summed E-state index contributed by atoms with van der Waals surface area (Å²) in [7, 11) is 0. The highest BCUT2D eigenvalue weighted by atomic mass is 16.6. The highest BCUT2D eigenvalue weighted by Crippen LogP contribution is 2.23. The highest BCUT2D eigenvalue weighted by Gasteiger charge is 2.29. The molecule has 2 aliphatic heterocycles. The van der Waals surface area contributed by atoms with Crippen LogP contribution in [0.15, 0.2) is 29.0 Å². The molecule has 1 saturated heterocycles. The maximum Gasteiger partial charge on any atom is 0.410 e. The van der Waals surface area contributed by atoms with Crippen LogP contribution in [0.3, 0.4) is 0 Å². The molecule has 0 aliphatic carbocycles. The summed E-state index contributed by atoms with van der Waals surface area (Å²) in [6.45, 7) is 10.1. The van der Waals surface area contributed by atoms with Crippen LogP contribution < -0.4 is 0 Å². The topological polar surface area (TPSA) is 65.4 Å². The summed E-state index contributed by atoms with van der Waals surface area (Å²) in [5.74, 6) is 1.12. The molecule has 1 unspecified atom stereocenters. The van der Waals surface area contributed by atoms with Crippen LogP contribution in [0.5, 0.6) is 0 Å². The number of allylic oxidation sites excluding steroid dienone is 3. The molecule has 0 spiro atoms. The third-order valence-corrected chi connectivity index (χ3v) is 5.61. The van der Waals surface area contributed by atoms with E-state index >= 15 is 0 Å². The fourth-order valence-corrected chi connectivity index (χ4v) is 3.48. The molecule has 2 aliphatic rings. The minimum Gasteiger partial charge on any atom is -0.443 e. The van der Waals surface area contributed by atoms with Gasteiger partial charge in [-0.3, -0.25) is 0 Å². The van der Waals surface area contributed by atoms with Crippen molar-refractivity contribution in [3.63, 3.8) is 0 Å². The SMILES string of the molecule is CCC(C)(C)OC(=O)N1CCCC(CCN2/C=C/CC/C=C(\C)N=C2CO)C1. The third-order valence-electron chi connectivity index (χ3n) is 5.61. The van der Waals surface area contributed by atoms with Gasteiger partial charge in [0.2, 0.25) is 0 Å². The first-order chi connectivity index (χ1) is 13.3. The second-order valence-corrected chi connectivity index (χ2v) is 8.41. The van der Waals surface area contributed by atoms with E-state index in [4.69, 9.17) is 4.74 Å². The largest absolute Gasteiger partial charge is 0.443 e. The summed E-state index contributed by atoms with van der Waals surface area (Å²) >= 11 is 0. The average Bonchev–Trinajstić information content (AvgIpc) is 2.76. The minimum atomic E-state index is -0.421. The van der Waals surface area contributed by atoms with E-state index in [0.717, 1.165) is 63.9 Å². The predicted molar refractivity (Wildman–Crippen MR) is 113 cm³/mol. The van der Waals surface area contributed by atoms with Gasteiger partial charge in [-0.25, -0.2) is 9.79 Å². The Morgan fingerprint density at radius 3 is 2.89 bits per heavy atom. The lowest BCUT2D eigenvalue weighted by atomic mass is 9.95. The van der Waals surface area contributed by atoms with Crippen LogP contribution in [-0.4, -0.2) is 58.7 Å². The number of carbonyl (C=O) groups is 1. The fraction of sp³-hybridized carbons (Fsp3) is 0.727. The van der Waals surface area contributed by atoms with Crippen molar-refractivity contribution in [1.29, 1.82) is 0 Å². The quantitative estimate of drug-likeness (QED) is 0.732. The van der Waals surface area contributed by atoms with Gasteiger partial charge in [-0.1, -0.05) is 19.1 Å². The van der Waals surface area contributed by atoms with Gasteiger partial charge in [0.1, 0.15) is 18.0 Å². The molecule has 0 aromatic heterocycles. The van der Waals surface area contributed by atoms with Crippen LogP contribution in [0.1, 0.15) is 66.2 Å². The molecule has 158 valence electrons. The molecule has 1 amide bonds. The number of amidine groups is 1. The first-order valence-corrected chi connectivity index (χ1v) is 10.6. The van der Waals surface area contributed by atoms with E-state index in [1.165, 1.54) is 0 Å². The van der Waals surface area contributed by atoms with Crippen LogP contribution in [0.2, 0.25) is 0 Å². The van der Waals surface area contributed by atoms with Gasteiger partial charge in [-0.05, 0) is 65.2 Å². The number of hydrogen-bond donors (Lipinski definition) is 1. The second kappa shape index (κ2) is 10.6. The molecule has 0 radical (unpaired) electrons. The van der Waals surface area contributed by atoms with Crippen molar-refractivity contribution < 1.29 is 14.6 Å². The van der Waals surface area contributed by atoms with Crippen LogP contribution in [-0.2, 0) is 4.74 Å². The molecule has 28 heavy (non-hydrogen) atoms. The Labute approximate surface area is 169 Å². The number of nitrogens with zero attached hydrogens (tertiary/aromatic N) is 3. The van der Waals surface area contributed by atoms with Gasteiger partial charge in [-0.2, -0.15) is 0 Å². The molecular weight excluding hydrogens is 354 g/mol. The molecule has 1 N–H and O–H groups in total. The Balaban J connectivity index is 1.94. The average molecular weight is 392 g/mol. The second-order valence-electron chi connectivity index (χ2n) is 8.41. The van der Waals surface area contributed by atoms with Crippen LogP contribution >= 0.6 is 0 Å². The lowest BCUT2D eigenvalue weighted by molar-refractivity contribution is 0.00371. The van der Waals surface area contributed by atoms with Crippen LogP contribution in [0.25, 0.3) is 0 Å². The number of aliphatic hydroxyl groups is 1. The number of aliphatic imine (C=N–C) groups is 1. The number of rotatable bonds is 6. The normalized spacial score (nSPS) is 24.4. The number of piperidine rings is 1. The number of ether oxygens (including phenoxy) is 1. The van der Waals surface area contributed by atoms with Gasteiger partial charge in [0, 0.05) is 31.5 Å². The van der Waals surface area contributed by atoms with E-state index in [-0.39, 0.29) is 12.7 Å². The molecule has 6 nitrogen and oxygen atoms in total. The molecule has 2 rings (SSSR count). The molecular formula is C22H37N3O3. The Morgan fingerprint density at radius 1 is 1.39 bits per heavy atom. The van der Waals surface area contributed by atoms with Crippen molar-refractivity contribution in [3.8, 4) is 0 Å². The molecule has 0 saturated carbocycles. The molecule has 1 fully saturated rings. The van der Waals surface area contributed by atoms with Gasteiger partial charge >= 0.3 is 6.09 Å². The molecule has 1 atom stereocenters. The summed E-state index contributed by atoms with van der Waals surface area (Å²) in [5.41, 5.74) is 0.526. The van der Waals surface area contributed by atoms with Crippen LogP contribution in [0.4, 0.5) is 4.79 Å². The van der Waals surface area contributed by atoms with E-state index in [2.05, 4.69) is 22.0 Å². The standard InChI is InChI=1S/C22H37N3O3/c1-5-22(3,4)28-21(27)25-14-9-11-19(16-25)12-15-24-13-8-6-7-10-18(2)23-20(24)17-26/h8,10,13,19,26H,5-7,9,11-12,14-17H2,1-4H3/b13-8+,18-10+,23-20?. The van der Waals surface area contributed by atoms with Gasteiger partial charge in [0.25, 0.3) is 0 Å². The zero-order valence-electron chi connectivity index (χ0n) is 18.0. The summed E-state index contributed by atoms with van der Waals surface area (Å²) in [6.07, 6.45) is 11.9. The van der Waals surface area contributed by atoms with Crippen molar-refractivity contribution in [2.45, 2.75) is 71.8 Å². The Kier molecular flexibility index (Phi) is 8.55. The predicted octanol–water partition coefficient (Wildman–Crippen LogP) is 4.32. The first kappa shape index (κ1) is 22.5. The van der Waals surface area contributed by atoms with Crippen molar-refractivity contribution in [2.75, 3.05) is 26.2 Å². The van der Waals surface area contributed by atoms with Gasteiger partial charge < -0.3 is 19.6 Å². The monoisotopic (exact) mass is 391 g/mol. The molecule has 0 aromatic rings. The number of likely N-dealkylation sites (tertiary alicyclic amines) is 1. The lowest BCUT2D eigenvalue weighted by Gasteiger charge is -2.35. The highest BCUT2D eigenvalue weighted by molar-refractivity contribution is 5.85. The first-order valence-electron chi connectivity index (χ1n) is 10.6. The maximum absolute atomic E-state index is 12.5. The minimum absolute atomic E-state index is 0.0786. The van der Waals surface area contributed by atoms with E-state index < -0.39 is 5.60 Å². The van der Waals surface area contributed by atoms with Crippen LogP contribution in [0, 0.1) is 5.92 Å². The van der Waals surface area contributed by atoms with E-state index in [1.54, 1.807) is 0 Å². The zero-order chi connectivity index (χ0) is 20.6. The number of aliphatic hydroxyl groups excluding tert-OH is 1. The summed E-state index contributed by atoms with van der Waals surface area (Å²) in [5, 5.41) is 9.77. The Hall–Kier alpha value is -1.82. The van der Waals surface area contributed by atoms with Crippen molar-refractivity contribution in [1.82, 2.24) is 9.80 Å². The van der Waals surface area contributed by atoms with E-state index in [9.17, 15) is 9.90 Å². The molecule has 6 heteroatoms. The van der Waals surface area contributed by atoms with Gasteiger partial charge in [-0.15, -0.1) is 0 Å². The Morgan fingerprint density at radius 2 is 2.18 bits per heavy atom. The zero-order valence-corrected chi connectivity index (χ0v) is 18.0. The number of amides is 1. The van der Waals surface area contributed by atoms with E-state index in [1.807, 2.05) is 38.8 Å². The lowest BCUT2D eigenvalue weighted by Crippen LogP contribution is -2.44. The van der Waals surface area contributed by atoms with Crippen molar-refractivity contribution in [3.05, 3.63) is 24.0 Å². The summed E-state index contributed by atoms with van der Waals surface area (Å²) in [6, 6.07) is 0. The number of carbonyl (C=O) groups excluding carboxylic acids is 1.